The van der Waals surface area contributed by atoms with Crippen molar-refractivity contribution in [2.75, 3.05) is 19.4 Å². The summed E-state index contributed by atoms with van der Waals surface area (Å²) in [5.74, 6) is -5.40. The molecule has 7 amide bonds. The van der Waals surface area contributed by atoms with Gasteiger partial charge in [-0.1, -0.05) is 0 Å². The molecule has 1 heterocycles. The third kappa shape index (κ3) is 3.71. The van der Waals surface area contributed by atoms with Crippen LogP contribution in [0.25, 0.3) is 0 Å². The van der Waals surface area contributed by atoms with Crippen LogP contribution in [-0.4, -0.2) is 53.7 Å². The van der Waals surface area contributed by atoms with Crippen LogP contribution in [0.5, 0.6) is 0 Å². The fourth-order valence-electron chi connectivity index (χ4n) is 2.02. The van der Waals surface area contributed by atoms with E-state index in [-0.39, 0.29) is 5.69 Å². The van der Waals surface area contributed by atoms with Crippen LogP contribution >= 0.6 is 0 Å². The summed E-state index contributed by atoms with van der Waals surface area (Å²) >= 11 is 0. The Balaban J connectivity index is 1.96. The van der Waals surface area contributed by atoms with Gasteiger partial charge in [0.2, 0.25) is 0 Å². The first-order chi connectivity index (χ1) is 11.7. The molecular formula is C14H14FN5O5. The van der Waals surface area contributed by atoms with E-state index in [2.05, 4.69) is 5.32 Å². The molecule has 10 nitrogen and oxygen atoms in total. The molecule has 0 spiro atoms. The Morgan fingerprint density at radius 2 is 1.48 bits per heavy atom. The Morgan fingerprint density at radius 3 is 2.00 bits per heavy atom. The molecule has 1 fully saturated rings. The number of anilines is 1. The second-order valence-corrected chi connectivity index (χ2v) is 5.09. The number of nitrogens with one attached hydrogen (secondary N) is 3. The molecule has 1 aliphatic heterocycles. The van der Waals surface area contributed by atoms with Crippen LogP contribution in [0.1, 0.15) is 0 Å². The number of rotatable bonds is 2. The van der Waals surface area contributed by atoms with Gasteiger partial charge in [-0.15, -0.1) is 0 Å². The second-order valence-electron chi connectivity index (χ2n) is 5.09. The van der Waals surface area contributed by atoms with Gasteiger partial charge >= 0.3 is 12.1 Å². The van der Waals surface area contributed by atoms with Gasteiger partial charge in [-0.3, -0.25) is 29.6 Å². The highest BCUT2D eigenvalue weighted by atomic mass is 19.1. The molecule has 1 aromatic rings. The van der Waals surface area contributed by atoms with Gasteiger partial charge in [0.1, 0.15) is 5.82 Å². The number of carbonyl (C=O) groups excluding carboxylic acids is 5. The minimum absolute atomic E-state index is 0.253. The molecule has 25 heavy (non-hydrogen) atoms. The van der Waals surface area contributed by atoms with Crippen LogP contribution in [0.4, 0.5) is 19.7 Å². The zero-order valence-electron chi connectivity index (χ0n) is 13.2. The zero-order valence-corrected chi connectivity index (χ0v) is 13.2. The number of urea groups is 2. The van der Waals surface area contributed by atoms with Gasteiger partial charge in [0.15, 0.2) is 5.92 Å². The molecular weight excluding hydrogens is 337 g/mol. The third-order valence-electron chi connectivity index (χ3n) is 3.39. The number of halogens is 1. The van der Waals surface area contributed by atoms with E-state index in [9.17, 15) is 28.4 Å². The molecule has 0 unspecified atom stereocenters. The van der Waals surface area contributed by atoms with Crippen LogP contribution in [0, 0.1) is 11.7 Å². The second kappa shape index (κ2) is 6.95. The van der Waals surface area contributed by atoms with E-state index in [4.69, 9.17) is 0 Å². The SMILES string of the molecule is CN1C(=O)C(C(=O)NNC(=O)Nc2ccc(F)cc2)C(=O)N(C)C1=O. The Morgan fingerprint density at radius 1 is 0.960 bits per heavy atom. The van der Waals surface area contributed by atoms with Crippen molar-refractivity contribution in [3.8, 4) is 0 Å². The molecule has 0 bridgehead atoms. The van der Waals surface area contributed by atoms with E-state index >= 15 is 0 Å². The topological polar surface area (TPSA) is 128 Å². The van der Waals surface area contributed by atoms with E-state index in [1.165, 1.54) is 12.1 Å². The van der Waals surface area contributed by atoms with Crippen LogP contribution < -0.4 is 16.2 Å². The van der Waals surface area contributed by atoms with Crippen molar-refractivity contribution in [2.24, 2.45) is 5.92 Å². The van der Waals surface area contributed by atoms with Gasteiger partial charge in [-0.2, -0.15) is 0 Å². The maximum atomic E-state index is 12.8. The number of hydrazine groups is 1. The smallest absolute Gasteiger partial charge is 0.307 e. The van der Waals surface area contributed by atoms with E-state index in [0.717, 1.165) is 26.2 Å². The van der Waals surface area contributed by atoms with Crippen LogP contribution in [0.15, 0.2) is 24.3 Å². The minimum atomic E-state index is -1.79. The number of hydrogen-bond donors (Lipinski definition) is 3. The maximum Gasteiger partial charge on any atom is 0.337 e. The van der Waals surface area contributed by atoms with Gasteiger partial charge in [-0.25, -0.2) is 19.4 Å². The van der Waals surface area contributed by atoms with Crippen molar-refractivity contribution < 1.29 is 28.4 Å². The Hall–Kier alpha value is -3.50. The number of hydrogen-bond acceptors (Lipinski definition) is 5. The molecule has 0 atom stereocenters. The first-order valence-electron chi connectivity index (χ1n) is 6.94. The van der Waals surface area contributed by atoms with Crippen molar-refractivity contribution in [3.63, 3.8) is 0 Å². The number of amides is 7. The average Bonchev–Trinajstić information content (AvgIpc) is 2.58. The lowest BCUT2D eigenvalue weighted by Crippen LogP contribution is -2.62. The number of barbiturate groups is 1. The van der Waals surface area contributed by atoms with Gasteiger partial charge in [0.25, 0.3) is 17.7 Å². The number of carbonyl (C=O) groups is 5. The highest BCUT2D eigenvalue weighted by molar-refractivity contribution is 6.25. The van der Waals surface area contributed by atoms with Crippen molar-refractivity contribution in [1.82, 2.24) is 20.7 Å². The molecule has 11 heteroatoms. The van der Waals surface area contributed by atoms with Crippen LogP contribution in [0.2, 0.25) is 0 Å². The largest absolute Gasteiger partial charge is 0.337 e. The molecule has 1 saturated heterocycles. The van der Waals surface area contributed by atoms with E-state index in [1.807, 2.05) is 10.9 Å². The van der Waals surface area contributed by atoms with Gasteiger partial charge in [0.05, 0.1) is 0 Å². The average molecular weight is 351 g/mol. The van der Waals surface area contributed by atoms with Gasteiger partial charge in [0, 0.05) is 19.8 Å². The van der Waals surface area contributed by atoms with Crippen LogP contribution in [-0.2, 0) is 14.4 Å². The lowest BCUT2D eigenvalue weighted by Gasteiger charge is -2.31. The number of nitrogens with zero attached hydrogens (tertiary/aromatic N) is 2. The quantitative estimate of drug-likeness (QED) is 0.495. The minimum Gasteiger partial charge on any atom is -0.307 e. The molecule has 0 aromatic heterocycles. The zero-order chi connectivity index (χ0) is 18.7. The van der Waals surface area contributed by atoms with E-state index < -0.39 is 41.5 Å². The Bertz CT molecular complexity index is 726. The summed E-state index contributed by atoms with van der Waals surface area (Å²) in [5.41, 5.74) is 4.13. The first kappa shape index (κ1) is 17.8. The molecule has 0 aliphatic carbocycles. The predicted molar refractivity (Wildman–Crippen MR) is 81.1 cm³/mol. The molecule has 3 N–H and O–H groups in total. The van der Waals surface area contributed by atoms with E-state index in [1.54, 1.807) is 0 Å². The van der Waals surface area contributed by atoms with Crippen molar-refractivity contribution in [2.45, 2.75) is 0 Å². The number of imide groups is 2. The number of benzene rings is 1. The van der Waals surface area contributed by atoms with Crippen molar-refractivity contribution in [3.05, 3.63) is 30.1 Å². The summed E-state index contributed by atoms with van der Waals surface area (Å²) in [6.45, 7) is 0. The molecule has 0 radical (unpaired) electrons. The molecule has 0 saturated carbocycles. The third-order valence-corrected chi connectivity index (χ3v) is 3.39. The highest BCUT2D eigenvalue weighted by Gasteiger charge is 2.46. The summed E-state index contributed by atoms with van der Waals surface area (Å²) < 4.78 is 12.8. The molecule has 132 valence electrons. The highest BCUT2D eigenvalue weighted by Crippen LogP contribution is 2.15. The predicted octanol–water partition coefficient (Wildman–Crippen LogP) is -0.355. The maximum absolute atomic E-state index is 12.8. The van der Waals surface area contributed by atoms with Gasteiger partial charge in [-0.05, 0) is 24.3 Å². The lowest BCUT2D eigenvalue weighted by atomic mass is 10.0. The summed E-state index contributed by atoms with van der Waals surface area (Å²) in [4.78, 5) is 60.4. The molecule has 2 rings (SSSR count). The molecule has 1 aliphatic rings. The van der Waals surface area contributed by atoms with Gasteiger partial charge < -0.3 is 5.32 Å². The summed E-state index contributed by atoms with van der Waals surface area (Å²) in [6.07, 6.45) is 0. The lowest BCUT2D eigenvalue weighted by molar-refractivity contribution is -0.152. The monoisotopic (exact) mass is 351 g/mol. The van der Waals surface area contributed by atoms with Crippen molar-refractivity contribution in [1.29, 1.82) is 0 Å². The Kier molecular flexibility index (Phi) is 4.96. The van der Waals surface area contributed by atoms with E-state index in [0.29, 0.717) is 9.80 Å². The normalized spacial score (nSPS) is 15.2. The molecule has 1 aromatic carbocycles. The Labute approximate surface area is 140 Å². The summed E-state index contributed by atoms with van der Waals surface area (Å²) in [7, 11) is 2.26. The first-order valence-corrected chi connectivity index (χ1v) is 6.94. The van der Waals surface area contributed by atoms with Crippen molar-refractivity contribution >= 4 is 35.5 Å². The fourth-order valence-corrected chi connectivity index (χ4v) is 2.02. The fraction of sp³-hybridized carbons (Fsp3) is 0.214. The van der Waals surface area contributed by atoms with Crippen LogP contribution in [0.3, 0.4) is 0 Å². The summed E-state index contributed by atoms with van der Waals surface area (Å²) in [6, 6.07) is 3.09. The summed E-state index contributed by atoms with van der Waals surface area (Å²) in [5, 5.41) is 2.30. The standard InChI is InChI=1S/C14H14FN5O5/c1-19-11(22)9(12(23)20(2)14(19)25)10(21)17-18-13(24)16-8-5-3-7(15)4-6-8/h3-6,9H,1-2H3,(H,17,21)(H2,16,18,24).